The number of methoxy groups -OCH3 is 1. The van der Waals surface area contributed by atoms with Crippen molar-refractivity contribution in [3.8, 4) is 17.2 Å². The Morgan fingerprint density at radius 2 is 1.58 bits per heavy atom. The van der Waals surface area contributed by atoms with E-state index in [9.17, 15) is 9.18 Å². The zero-order valence-corrected chi connectivity index (χ0v) is 20.0. The van der Waals surface area contributed by atoms with Crippen LogP contribution in [-0.4, -0.2) is 53.9 Å². The average molecular weight is 487 g/mol. The van der Waals surface area contributed by atoms with Crippen LogP contribution in [0.4, 0.5) is 10.1 Å². The number of benzene rings is 3. The molecule has 36 heavy (non-hydrogen) atoms. The van der Waals surface area contributed by atoms with Crippen molar-refractivity contribution in [3.63, 3.8) is 0 Å². The Hall–Kier alpha value is -4.33. The molecule has 0 saturated carbocycles. The summed E-state index contributed by atoms with van der Waals surface area (Å²) in [6.07, 6.45) is 1.68. The molecule has 8 heteroatoms. The third-order valence-corrected chi connectivity index (χ3v) is 6.20. The largest absolute Gasteiger partial charge is 0.495 e. The van der Waals surface area contributed by atoms with Gasteiger partial charge in [-0.15, -0.1) is 0 Å². The van der Waals surface area contributed by atoms with Crippen molar-refractivity contribution in [3.05, 3.63) is 102 Å². The van der Waals surface area contributed by atoms with Crippen LogP contribution in [0.15, 0.2) is 85.1 Å². The van der Waals surface area contributed by atoms with E-state index >= 15 is 0 Å². The normalized spacial score (nSPS) is 13.5. The van der Waals surface area contributed by atoms with Crippen molar-refractivity contribution >= 4 is 11.6 Å². The van der Waals surface area contributed by atoms with Gasteiger partial charge in [0.1, 0.15) is 18.2 Å². The minimum Gasteiger partial charge on any atom is -0.495 e. The molecule has 1 fully saturated rings. The maximum absolute atomic E-state index is 13.6. The third kappa shape index (κ3) is 5.02. The number of aromatic nitrogens is 2. The van der Waals surface area contributed by atoms with Crippen LogP contribution in [0, 0.1) is 5.82 Å². The second-order valence-corrected chi connectivity index (χ2v) is 8.49. The number of halogens is 1. The molecule has 0 atom stereocenters. The van der Waals surface area contributed by atoms with E-state index in [-0.39, 0.29) is 17.4 Å². The number of rotatable bonds is 7. The first-order valence-electron chi connectivity index (χ1n) is 11.8. The van der Waals surface area contributed by atoms with Crippen molar-refractivity contribution in [2.75, 3.05) is 38.2 Å². The lowest BCUT2D eigenvalue weighted by Crippen LogP contribution is -2.49. The number of amides is 1. The van der Waals surface area contributed by atoms with Gasteiger partial charge in [0.25, 0.3) is 5.91 Å². The molecule has 0 radical (unpaired) electrons. The Kier molecular flexibility index (Phi) is 6.84. The summed E-state index contributed by atoms with van der Waals surface area (Å²) in [7, 11) is 1.66. The van der Waals surface area contributed by atoms with E-state index < -0.39 is 0 Å². The van der Waals surface area contributed by atoms with E-state index in [4.69, 9.17) is 9.47 Å². The summed E-state index contributed by atoms with van der Waals surface area (Å²) >= 11 is 0. The van der Waals surface area contributed by atoms with Crippen LogP contribution in [0.5, 0.6) is 11.5 Å². The fourth-order valence-electron chi connectivity index (χ4n) is 4.26. The van der Waals surface area contributed by atoms with Gasteiger partial charge < -0.3 is 19.3 Å². The predicted molar refractivity (Wildman–Crippen MR) is 135 cm³/mol. The number of nitrogens with zero attached hydrogens (tertiary/aromatic N) is 4. The van der Waals surface area contributed by atoms with Crippen molar-refractivity contribution in [1.29, 1.82) is 0 Å². The van der Waals surface area contributed by atoms with E-state index in [1.165, 1.54) is 12.1 Å². The van der Waals surface area contributed by atoms with Gasteiger partial charge >= 0.3 is 0 Å². The van der Waals surface area contributed by atoms with Gasteiger partial charge in [0, 0.05) is 26.2 Å². The predicted octanol–water partition coefficient (Wildman–Crippen LogP) is 4.56. The Labute approximate surface area is 209 Å². The molecule has 1 saturated heterocycles. The van der Waals surface area contributed by atoms with Gasteiger partial charge in [0.15, 0.2) is 11.4 Å². The average Bonchev–Trinajstić information content (AvgIpc) is 3.37. The molecule has 0 N–H and O–H groups in total. The fraction of sp³-hybridized carbons (Fsp3) is 0.214. The van der Waals surface area contributed by atoms with Gasteiger partial charge in [-0.25, -0.2) is 9.07 Å². The van der Waals surface area contributed by atoms with Gasteiger partial charge in [-0.1, -0.05) is 42.5 Å². The van der Waals surface area contributed by atoms with Gasteiger partial charge in [-0.3, -0.25) is 4.79 Å². The Bertz CT molecular complexity index is 1320. The molecule has 0 unspecified atom stereocenters. The minimum atomic E-state index is -0.337. The maximum Gasteiger partial charge on any atom is 0.278 e. The molecule has 7 nitrogen and oxygen atoms in total. The first kappa shape index (κ1) is 23.4. The van der Waals surface area contributed by atoms with Gasteiger partial charge in [0.2, 0.25) is 0 Å². The number of carbonyl (C=O) groups is 1. The topological polar surface area (TPSA) is 59.8 Å². The monoisotopic (exact) mass is 486 g/mol. The second kappa shape index (κ2) is 10.5. The molecule has 4 aromatic rings. The van der Waals surface area contributed by atoms with Crippen LogP contribution in [0.1, 0.15) is 16.1 Å². The number of hydrogen-bond donors (Lipinski definition) is 0. The first-order valence-corrected chi connectivity index (χ1v) is 11.8. The number of carbonyl (C=O) groups excluding carboxylic acids is 1. The van der Waals surface area contributed by atoms with Crippen LogP contribution in [0.25, 0.3) is 5.69 Å². The van der Waals surface area contributed by atoms with Crippen LogP contribution in [0.3, 0.4) is 0 Å². The summed E-state index contributed by atoms with van der Waals surface area (Å²) in [5, 5.41) is 4.55. The van der Waals surface area contributed by atoms with Crippen LogP contribution in [-0.2, 0) is 6.61 Å². The van der Waals surface area contributed by atoms with Crippen LogP contribution < -0.4 is 14.4 Å². The van der Waals surface area contributed by atoms with E-state index in [1.54, 1.807) is 35.0 Å². The highest BCUT2D eigenvalue weighted by Gasteiger charge is 2.28. The molecule has 0 bridgehead atoms. The van der Waals surface area contributed by atoms with Crippen molar-refractivity contribution in [2.24, 2.45) is 0 Å². The molecule has 1 aromatic heterocycles. The number of piperazine rings is 1. The summed E-state index contributed by atoms with van der Waals surface area (Å²) in [5.41, 5.74) is 2.87. The zero-order chi connectivity index (χ0) is 24.9. The van der Waals surface area contributed by atoms with Crippen molar-refractivity contribution < 1.29 is 18.7 Å². The summed E-state index contributed by atoms with van der Waals surface area (Å²) in [5.74, 6) is 0.668. The van der Waals surface area contributed by atoms with E-state index in [0.29, 0.717) is 44.2 Å². The Balaban J connectivity index is 1.36. The smallest absolute Gasteiger partial charge is 0.278 e. The lowest BCUT2D eigenvalue weighted by atomic mass is 10.2. The molecule has 1 amide bonds. The lowest BCUT2D eigenvalue weighted by molar-refractivity contribution is 0.0735. The zero-order valence-electron chi connectivity index (χ0n) is 20.0. The van der Waals surface area contributed by atoms with E-state index in [2.05, 4.69) is 10.00 Å². The number of para-hydroxylation sites is 2. The SMILES string of the molecule is COc1ccccc1N1CCN(C(=O)c2nn(-c3ccc(F)cc3)cc2OCc2ccccc2)CC1. The van der Waals surface area contributed by atoms with Gasteiger partial charge in [-0.2, -0.15) is 5.10 Å². The Morgan fingerprint density at radius 3 is 2.31 bits per heavy atom. The summed E-state index contributed by atoms with van der Waals surface area (Å²) in [6, 6.07) is 23.6. The highest BCUT2D eigenvalue weighted by atomic mass is 19.1. The summed E-state index contributed by atoms with van der Waals surface area (Å²) in [6.45, 7) is 2.73. The molecule has 3 aromatic carbocycles. The van der Waals surface area contributed by atoms with Crippen LogP contribution in [0.2, 0.25) is 0 Å². The van der Waals surface area contributed by atoms with Gasteiger partial charge in [0.05, 0.1) is 24.7 Å². The van der Waals surface area contributed by atoms with E-state index in [0.717, 1.165) is 17.0 Å². The summed E-state index contributed by atoms with van der Waals surface area (Å²) < 4.78 is 26.5. The second-order valence-electron chi connectivity index (χ2n) is 8.49. The molecular formula is C28H27FN4O3. The van der Waals surface area contributed by atoms with Crippen molar-refractivity contribution in [2.45, 2.75) is 6.61 Å². The highest BCUT2D eigenvalue weighted by Crippen LogP contribution is 2.29. The number of hydrogen-bond acceptors (Lipinski definition) is 5. The number of anilines is 1. The summed E-state index contributed by atoms with van der Waals surface area (Å²) in [4.78, 5) is 17.6. The molecule has 0 aliphatic carbocycles. The number of ether oxygens (including phenoxy) is 2. The lowest BCUT2D eigenvalue weighted by Gasteiger charge is -2.36. The first-order chi connectivity index (χ1) is 17.6. The minimum absolute atomic E-state index is 0.196. The van der Waals surface area contributed by atoms with Crippen molar-refractivity contribution in [1.82, 2.24) is 14.7 Å². The molecule has 184 valence electrons. The van der Waals surface area contributed by atoms with Crippen LogP contribution >= 0.6 is 0 Å². The molecule has 1 aliphatic heterocycles. The highest BCUT2D eigenvalue weighted by molar-refractivity contribution is 5.95. The maximum atomic E-state index is 13.6. The van der Waals surface area contributed by atoms with Gasteiger partial charge in [-0.05, 0) is 42.0 Å². The molecule has 5 rings (SSSR count). The van der Waals surface area contributed by atoms with E-state index in [1.807, 2.05) is 54.6 Å². The quantitative estimate of drug-likeness (QED) is 0.383. The molecule has 0 spiro atoms. The third-order valence-electron chi connectivity index (χ3n) is 6.20. The standard InChI is InChI=1S/C28H27FN4O3/c1-35-25-10-6-5-9-24(25)31-15-17-32(18-16-31)28(34)27-26(36-20-21-7-3-2-4-8-21)19-33(30-27)23-13-11-22(29)12-14-23/h2-14,19H,15-18,20H2,1H3. The molecule has 2 heterocycles. The molecule has 1 aliphatic rings. The molecular weight excluding hydrogens is 459 g/mol. The fourth-order valence-corrected chi connectivity index (χ4v) is 4.26. The Morgan fingerprint density at radius 1 is 0.889 bits per heavy atom.